The van der Waals surface area contributed by atoms with Crippen molar-refractivity contribution in [2.75, 3.05) is 20.8 Å². The summed E-state index contributed by atoms with van der Waals surface area (Å²) in [5.74, 6) is 2.21. The fourth-order valence-electron chi connectivity index (χ4n) is 2.39. The van der Waals surface area contributed by atoms with Gasteiger partial charge in [0.1, 0.15) is 11.9 Å². The number of benzene rings is 2. The number of hydrogen-bond acceptors (Lipinski definition) is 4. The van der Waals surface area contributed by atoms with Crippen LogP contribution in [-0.4, -0.2) is 26.9 Å². The van der Waals surface area contributed by atoms with Crippen molar-refractivity contribution in [3.8, 4) is 17.2 Å². The van der Waals surface area contributed by atoms with Crippen molar-refractivity contribution in [1.29, 1.82) is 0 Å². The first-order chi connectivity index (χ1) is 11.5. The molecule has 0 aromatic heterocycles. The highest BCUT2D eigenvalue weighted by Gasteiger charge is 2.11. The van der Waals surface area contributed by atoms with E-state index in [9.17, 15) is 0 Å². The zero-order valence-corrected chi connectivity index (χ0v) is 15.3. The summed E-state index contributed by atoms with van der Waals surface area (Å²) < 4.78 is 16.5. The van der Waals surface area contributed by atoms with E-state index in [1.54, 1.807) is 20.3 Å². The molecule has 0 aliphatic rings. The topological polar surface area (TPSA) is 39.7 Å². The van der Waals surface area contributed by atoms with Crippen molar-refractivity contribution in [2.45, 2.75) is 26.5 Å². The zero-order valence-electron chi connectivity index (χ0n) is 14.6. The zero-order chi connectivity index (χ0) is 17.5. The number of aryl methyl sites for hydroxylation is 1. The number of hydrogen-bond donors (Lipinski definition) is 1. The van der Waals surface area contributed by atoms with Gasteiger partial charge in [0, 0.05) is 24.2 Å². The molecule has 2 aromatic carbocycles. The standard InChI is InChI=1S/C19H24ClNO3/c1-13-7-5-6-8-17(13)24-14(2)11-21-12-15-9-18(22-3)19(23-4)10-16(15)20/h5-10,14,21H,11-12H2,1-4H3. The minimum atomic E-state index is 0.0463. The average Bonchev–Trinajstić information content (AvgIpc) is 2.58. The molecule has 0 bridgehead atoms. The van der Waals surface area contributed by atoms with Gasteiger partial charge in [-0.15, -0.1) is 0 Å². The molecule has 1 atom stereocenters. The Labute approximate surface area is 148 Å². The fourth-order valence-corrected chi connectivity index (χ4v) is 2.61. The minimum Gasteiger partial charge on any atom is -0.493 e. The lowest BCUT2D eigenvalue weighted by molar-refractivity contribution is 0.215. The Balaban J connectivity index is 1.91. The Hall–Kier alpha value is -1.91. The number of nitrogens with one attached hydrogen (secondary N) is 1. The second-order valence-electron chi connectivity index (χ2n) is 5.62. The Morgan fingerprint density at radius 3 is 2.38 bits per heavy atom. The predicted molar refractivity (Wildman–Crippen MR) is 97.5 cm³/mol. The van der Waals surface area contributed by atoms with Crippen LogP contribution in [0.5, 0.6) is 17.2 Å². The summed E-state index contributed by atoms with van der Waals surface area (Å²) in [6, 6.07) is 11.7. The second-order valence-corrected chi connectivity index (χ2v) is 6.03. The summed E-state index contributed by atoms with van der Waals surface area (Å²) in [5, 5.41) is 4.01. The number of ether oxygens (including phenoxy) is 3. The summed E-state index contributed by atoms with van der Waals surface area (Å²) in [5.41, 5.74) is 2.09. The quantitative estimate of drug-likeness (QED) is 0.774. The molecular formula is C19H24ClNO3. The molecule has 0 radical (unpaired) electrons. The molecule has 24 heavy (non-hydrogen) atoms. The van der Waals surface area contributed by atoms with Gasteiger partial charge in [0.15, 0.2) is 11.5 Å². The molecule has 0 saturated carbocycles. The molecule has 0 heterocycles. The molecule has 0 aliphatic carbocycles. The van der Waals surface area contributed by atoms with Crippen LogP contribution in [0.4, 0.5) is 0 Å². The van der Waals surface area contributed by atoms with Crippen molar-refractivity contribution >= 4 is 11.6 Å². The first-order valence-corrected chi connectivity index (χ1v) is 8.26. The van der Waals surface area contributed by atoms with Crippen LogP contribution in [0.25, 0.3) is 0 Å². The van der Waals surface area contributed by atoms with Crippen LogP contribution < -0.4 is 19.5 Å². The van der Waals surface area contributed by atoms with Crippen LogP contribution in [0.15, 0.2) is 36.4 Å². The van der Waals surface area contributed by atoms with E-state index in [0.29, 0.717) is 29.6 Å². The molecule has 0 amide bonds. The SMILES string of the molecule is COc1cc(Cl)c(CNCC(C)Oc2ccccc2C)cc1OC. The molecule has 0 saturated heterocycles. The number of para-hydroxylation sites is 1. The van der Waals surface area contributed by atoms with Gasteiger partial charge in [-0.2, -0.15) is 0 Å². The van der Waals surface area contributed by atoms with Gasteiger partial charge in [0.05, 0.1) is 14.2 Å². The van der Waals surface area contributed by atoms with Gasteiger partial charge in [-0.05, 0) is 37.1 Å². The van der Waals surface area contributed by atoms with Crippen LogP contribution in [0, 0.1) is 6.92 Å². The highest BCUT2D eigenvalue weighted by molar-refractivity contribution is 6.31. The van der Waals surface area contributed by atoms with Crippen molar-refractivity contribution in [2.24, 2.45) is 0 Å². The molecule has 130 valence electrons. The van der Waals surface area contributed by atoms with E-state index in [-0.39, 0.29) is 6.10 Å². The lowest BCUT2D eigenvalue weighted by atomic mass is 10.2. The first kappa shape index (κ1) is 18.4. The van der Waals surface area contributed by atoms with Gasteiger partial charge < -0.3 is 19.5 Å². The van der Waals surface area contributed by atoms with Crippen LogP contribution in [0.3, 0.4) is 0 Å². The fraction of sp³-hybridized carbons (Fsp3) is 0.368. The van der Waals surface area contributed by atoms with Gasteiger partial charge >= 0.3 is 0 Å². The third kappa shape index (κ3) is 4.79. The summed E-state index contributed by atoms with van der Waals surface area (Å²) >= 11 is 6.30. The third-order valence-corrected chi connectivity index (χ3v) is 4.07. The molecule has 2 aromatic rings. The average molecular weight is 350 g/mol. The van der Waals surface area contributed by atoms with Gasteiger partial charge in [-0.25, -0.2) is 0 Å². The molecule has 4 nitrogen and oxygen atoms in total. The maximum Gasteiger partial charge on any atom is 0.162 e. The van der Waals surface area contributed by atoms with E-state index >= 15 is 0 Å². The van der Waals surface area contributed by atoms with Crippen LogP contribution in [0.1, 0.15) is 18.1 Å². The highest BCUT2D eigenvalue weighted by atomic mass is 35.5. The van der Waals surface area contributed by atoms with E-state index in [1.807, 2.05) is 44.2 Å². The molecule has 0 spiro atoms. The molecular weight excluding hydrogens is 326 g/mol. The van der Waals surface area contributed by atoms with Crippen molar-refractivity contribution < 1.29 is 14.2 Å². The summed E-state index contributed by atoms with van der Waals surface area (Å²) in [6.07, 6.45) is 0.0463. The van der Waals surface area contributed by atoms with Crippen LogP contribution in [-0.2, 0) is 6.54 Å². The van der Waals surface area contributed by atoms with Gasteiger partial charge in [-0.3, -0.25) is 0 Å². The molecule has 0 fully saturated rings. The maximum absolute atomic E-state index is 6.30. The predicted octanol–water partition coefficient (Wildman–Crippen LogP) is 4.22. The van der Waals surface area contributed by atoms with Crippen molar-refractivity contribution in [3.63, 3.8) is 0 Å². The molecule has 2 rings (SSSR count). The Kier molecular flexibility index (Phi) is 6.76. The van der Waals surface area contributed by atoms with E-state index in [0.717, 1.165) is 16.9 Å². The summed E-state index contributed by atoms with van der Waals surface area (Å²) in [7, 11) is 3.21. The van der Waals surface area contributed by atoms with Crippen LogP contribution in [0.2, 0.25) is 5.02 Å². The summed E-state index contributed by atoms with van der Waals surface area (Å²) in [6.45, 7) is 5.41. The molecule has 5 heteroatoms. The van der Waals surface area contributed by atoms with Crippen molar-refractivity contribution in [1.82, 2.24) is 5.32 Å². The van der Waals surface area contributed by atoms with E-state index in [2.05, 4.69) is 5.32 Å². The Morgan fingerprint density at radius 2 is 1.71 bits per heavy atom. The normalized spacial score (nSPS) is 11.9. The van der Waals surface area contributed by atoms with E-state index < -0.39 is 0 Å². The van der Waals surface area contributed by atoms with Gasteiger partial charge in [-0.1, -0.05) is 29.8 Å². The Morgan fingerprint density at radius 1 is 1.04 bits per heavy atom. The molecule has 1 unspecified atom stereocenters. The second kappa shape index (κ2) is 8.81. The highest BCUT2D eigenvalue weighted by Crippen LogP contribution is 2.33. The van der Waals surface area contributed by atoms with E-state index in [1.165, 1.54) is 0 Å². The van der Waals surface area contributed by atoms with Gasteiger partial charge in [0.2, 0.25) is 0 Å². The number of rotatable bonds is 8. The van der Waals surface area contributed by atoms with E-state index in [4.69, 9.17) is 25.8 Å². The smallest absolute Gasteiger partial charge is 0.162 e. The largest absolute Gasteiger partial charge is 0.493 e. The third-order valence-electron chi connectivity index (χ3n) is 3.72. The van der Waals surface area contributed by atoms with Gasteiger partial charge in [0.25, 0.3) is 0 Å². The minimum absolute atomic E-state index is 0.0463. The monoisotopic (exact) mass is 349 g/mol. The number of halogens is 1. The lowest BCUT2D eigenvalue weighted by Crippen LogP contribution is -2.28. The summed E-state index contributed by atoms with van der Waals surface area (Å²) in [4.78, 5) is 0. The molecule has 0 aliphatic heterocycles. The van der Waals surface area contributed by atoms with Crippen molar-refractivity contribution in [3.05, 3.63) is 52.5 Å². The lowest BCUT2D eigenvalue weighted by Gasteiger charge is -2.17. The number of methoxy groups -OCH3 is 2. The maximum atomic E-state index is 6.30. The Bertz CT molecular complexity index is 676. The molecule has 1 N–H and O–H groups in total. The van der Waals surface area contributed by atoms with Crippen LogP contribution >= 0.6 is 11.6 Å². The first-order valence-electron chi connectivity index (χ1n) is 7.88.